The molecule has 82 heavy (non-hydrogen) atoms. The maximum atomic E-state index is 5.81. The van der Waals surface area contributed by atoms with E-state index < -0.39 is 0 Å². The predicted octanol–water partition coefficient (Wildman–Crippen LogP) is 9.93. The first-order valence-electron chi connectivity index (χ1n) is 34.1. The van der Waals surface area contributed by atoms with Gasteiger partial charge in [0.25, 0.3) is 0 Å². The summed E-state index contributed by atoms with van der Waals surface area (Å²) in [7, 11) is 0. The van der Waals surface area contributed by atoms with Crippen molar-refractivity contribution >= 4 is 17.1 Å². The van der Waals surface area contributed by atoms with Gasteiger partial charge in [-0.2, -0.15) is 0 Å². The van der Waals surface area contributed by atoms with Crippen LogP contribution in [0.3, 0.4) is 0 Å². The molecular weight excluding hydrogens is 1010 g/mol. The average Bonchev–Trinajstić information content (AvgIpc) is 3.95. The molecule has 11 heterocycles. The van der Waals surface area contributed by atoms with Crippen LogP contribution in [0.15, 0.2) is 67.0 Å². The number of ether oxygens (including phenoxy) is 1. The van der Waals surface area contributed by atoms with E-state index in [1.165, 1.54) is 208 Å². The van der Waals surface area contributed by atoms with Crippen LogP contribution < -0.4 is 58.5 Å². The van der Waals surface area contributed by atoms with Crippen molar-refractivity contribution in [1.29, 1.82) is 0 Å². The third-order valence-corrected chi connectivity index (χ3v) is 20.9. The molecule has 456 valence electrons. The highest BCUT2D eigenvalue weighted by Gasteiger charge is 2.43. The van der Waals surface area contributed by atoms with Crippen molar-refractivity contribution in [1.82, 2.24) is 47.5 Å². The maximum Gasteiger partial charge on any atom is 0.0747 e. The van der Waals surface area contributed by atoms with Crippen LogP contribution in [-0.2, 0) is 24.2 Å². The van der Waals surface area contributed by atoms with Gasteiger partial charge in [0.05, 0.1) is 23.1 Å². The van der Waals surface area contributed by atoms with E-state index in [4.69, 9.17) is 4.74 Å². The van der Waals surface area contributed by atoms with Gasteiger partial charge in [-0.05, 0) is 245 Å². The number of anilines is 3. The van der Waals surface area contributed by atoms with E-state index in [1.807, 2.05) is 12.4 Å². The zero-order chi connectivity index (χ0) is 56.0. The Morgan fingerprint density at radius 3 is 1.60 bits per heavy atom. The molecule has 12 unspecified atom stereocenters. The van der Waals surface area contributed by atoms with Gasteiger partial charge < -0.3 is 63.2 Å². The summed E-state index contributed by atoms with van der Waals surface area (Å²) in [5.74, 6) is 9.39. The second kappa shape index (κ2) is 32.9. The van der Waals surface area contributed by atoms with Gasteiger partial charge in [0.15, 0.2) is 0 Å². The number of hydrogen-bond donors (Lipinski definition) is 11. The zero-order valence-electron chi connectivity index (χ0n) is 51.3. The van der Waals surface area contributed by atoms with Gasteiger partial charge in [0, 0.05) is 88.4 Å². The Balaban J connectivity index is 0.000000104. The summed E-state index contributed by atoms with van der Waals surface area (Å²) in [4.78, 5) is 4.06. The Labute approximate surface area is 497 Å². The fraction of sp³-hybridized carbons (Fsp3) is 0.754. The molecular formula is C69H114N12O. The highest BCUT2D eigenvalue weighted by atomic mass is 16.5. The van der Waals surface area contributed by atoms with Crippen molar-refractivity contribution in [3.05, 3.63) is 83.7 Å². The molecule has 15 aliphatic rings. The quantitative estimate of drug-likeness (QED) is 0.104. The first kappa shape index (κ1) is 61.7. The molecule has 0 spiro atoms. The second-order valence-electron chi connectivity index (χ2n) is 27.5. The standard InChI is InChI=1S/2C9H12N2.C9H17N.C8H10N2.C8H15NO.2C8H15N.2C5H9N/c1-2-5-9-8(4-1)10-6-3-7-11-9;1-2-4-9-8(3-1)7-10-5-6-11-9;1-2-4-9-7-10-6-5-8(9)3-1;1-3-9-5-8-6-10-4-2-7(1)8;1-8(2)3-6-4-9-5-7(6)10-8;1-2-4-8-6-9-5-7(8)3-1;1-2-4-8-7(3-1)5-6-9-8;1-4-2-6-3-5(1)4;1-2-6-5-3-4(1)5/h1-2,4-5,10-11H,3,6-7H2;1-4,10-11H,5-7H2;8-10H,1-7H2;1,3,5,10H,2,4,6H2;6-7,9H,3-5H2,1-2H3;2*7-9H,1-6H2;2*4-6H,1-3H2. The third kappa shape index (κ3) is 19.8. The van der Waals surface area contributed by atoms with Crippen molar-refractivity contribution in [2.24, 2.45) is 53.3 Å². The Kier molecular flexibility index (Phi) is 24.8. The summed E-state index contributed by atoms with van der Waals surface area (Å²) in [6, 6.07) is 20.7. The number of para-hydroxylation sites is 3. The van der Waals surface area contributed by atoms with E-state index >= 15 is 0 Å². The molecule has 13 nitrogen and oxygen atoms in total. The monoisotopic (exact) mass is 1130 g/mol. The second-order valence-corrected chi connectivity index (χ2v) is 27.5. The summed E-state index contributed by atoms with van der Waals surface area (Å²) < 4.78 is 5.81. The van der Waals surface area contributed by atoms with Crippen LogP contribution in [0.5, 0.6) is 0 Å². The topological polar surface area (TPSA) is 154 Å². The lowest BCUT2D eigenvalue weighted by Crippen LogP contribution is -2.38. The summed E-state index contributed by atoms with van der Waals surface area (Å²) in [5, 5.41) is 37.3. The molecule has 3 aromatic rings. The summed E-state index contributed by atoms with van der Waals surface area (Å²) in [5.41, 5.74) is 8.05. The number of pyridine rings is 1. The largest absolute Gasteiger partial charge is 0.384 e. The van der Waals surface area contributed by atoms with Crippen LogP contribution in [0.2, 0.25) is 0 Å². The van der Waals surface area contributed by atoms with Gasteiger partial charge in [0.1, 0.15) is 0 Å². The predicted molar refractivity (Wildman–Crippen MR) is 343 cm³/mol. The van der Waals surface area contributed by atoms with Crippen molar-refractivity contribution in [3.63, 3.8) is 0 Å². The molecule has 0 radical (unpaired) electrons. The number of piperidine rings is 3. The Bertz CT molecular complexity index is 2030. The highest BCUT2D eigenvalue weighted by molar-refractivity contribution is 5.69. The Morgan fingerprint density at radius 2 is 0.963 bits per heavy atom. The average molecular weight is 1130 g/mol. The summed E-state index contributed by atoms with van der Waals surface area (Å²) >= 11 is 0. The molecule has 1 aromatic heterocycles. The van der Waals surface area contributed by atoms with Crippen molar-refractivity contribution in [2.45, 2.75) is 179 Å². The minimum Gasteiger partial charge on any atom is -0.384 e. The first-order chi connectivity index (χ1) is 40.4. The maximum absolute atomic E-state index is 5.81. The molecule has 11 N–H and O–H groups in total. The highest BCUT2D eigenvalue weighted by Crippen LogP contribution is 2.41. The molecule has 0 amide bonds. The minimum atomic E-state index is 0.150. The van der Waals surface area contributed by atoms with Crippen molar-refractivity contribution < 1.29 is 4.74 Å². The van der Waals surface area contributed by atoms with E-state index in [-0.39, 0.29) is 5.60 Å². The van der Waals surface area contributed by atoms with E-state index in [9.17, 15) is 0 Å². The van der Waals surface area contributed by atoms with Gasteiger partial charge in [-0.3, -0.25) is 4.98 Å². The smallest absolute Gasteiger partial charge is 0.0747 e. The zero-order valence-corrected chi connectivity index (χ0v) is 51.3. The SMILES string of the molecule is C1CC2CC2N1.C1CCC2CNCC2C1.C1CCC2CNCCC2C1.C1CCC2NCCC2C1.C1NCC2CC12.CC1(C)CC2CNCC2O1.c1cc2c(cn1)CNCC2.c1ccc2c(c1)CNCCN2.c1ccc2c(c1)NCCCN2. The number of rotatable bonds is 0. The lowest BCUT2D eigenvalue weighted by atomic mass is 9.76. The molecule has 5 saturated carbocycles. The molecule has 13 heteroatoms. The number of aromatic nitrogens is 1. The fourth-order valence-corrected chi connectivity index (χ4v) is 15.7. The number of fused-ring (bicyclic) bond motifs is 9. The normalized spacial score (nSPS) is 33.6. The molecule has 0 bridgehead atoms. The molecule has 5 aliphatic carbocycles. The third-order valence-electron chi connectivity index (χ3n) is 20.9. The number of benzene rings is 2. The van der Waals surface area contributed by atoms with Gasteiger partial charge in [-0.15, -0.1) is 0 Å². The van der Waals surface area contributed by atoms with Crippen LogP contribution in [0.4, 0.5) is 17.1 Å². The van der Waals surface area contributed by atoms with Gasteiger partial charge in [-0.25, -0.2) is 0 Å². The van der Waals surface area contributed by atoms with Crippen molar-refractivity contribution in [3.8, 4) is 0 Å². The van der Waals surface area contributed by atoms with Crippen molar-refractivity contribution in [2.75, 3.05) is 114 Å². The fourth-order valence-electron chi connectivity index (χ4n) is 15.7. The Morgan fingerprint density at radius 1 is 0.402 bits per heavy atom. The number of nitrogens with zero attached hydrogens (tertiary/aromatic N) is 1. The van der Waals surface area contributed by atoms with Gasteiger partial charge in [0.2, 0.25) is 0 Å². The molecule has 18 rings (SSSR count). The van der Waals surface area contributed by atoms with E-state index in [2.05, 4.69) is 132 Å². The van der Waals surface area contributed by atoms with E-state index in [0.29, 0.717) is 6.10 Å². The minimum absolute atomic E-state index is 0.150. The van der Waals surface area contributed by atoms with Gasteiger partial charge in [-0.1, -0.05) is 75.3 Å². The van der Waals surface area contributed by atoms with E-state index in [0.717, 1.165) is 131 Å². The number of nitrogens with one attached hydrogen (secondary N) is 11. The molecule has 2 aromatic carbocycles. The lowest BCUT2D eigenvalue weighted by molar-refractivity contribution is -0.0119. The molecule has 12 fully saturated rings. The molecule has 12 atom stereocenters. The van der Waals surface area contributed by atoms with Crippen LogP contribution >= 0.6 is 0 Å². The first-order valence-corrected chi connectivity index (χ1v) is 34.1. The number of hydrogen-bond acceptors (Lipinski definition) is 13. The van der Waals surface area contributed by atoms with Crippen LogP contribution in [0.1, 0.15) is 153 Å². The van der Waals surface area contributed by atoms with Crippen LogP contribution in [-0.4, -0.2) is 127 Å². The molecule has 7 saturated heterocycles. The lowest BCUT2D eigenvalue weighted by Gasteiger charge is -2.35. The van der Waals surface area contributed by atoms with Crippen LogP contribution in [0.25, 0.3) is 0 Å². The van der Waals surface area contributed by atoms with Crippen LogP contribution in [0, 0.1) is 53.3 Å². The van der Waals surface area contributed by atoms with Gasteiger partial charge >= 0.3 is 0 Å². The summed E-state index contributed by atoms with van der Waals surface area (Å²) in [6.07, 6.45) is 33.1. The molecule has 10 aliphatic heterocycles. The van der Waals surface area contributed by atoms with E-state index in [1.54, 1.807) is 0 Å². The summed E-state index contributed by atoms with van der Waals surface area (Å²) in [6.45, 7) is 24.3. The Hall–Kier alpha value is -3.37.